The summed E-state index contributed by atoms with van der Waals surface area (Å²) in [5.74, 6) is 0.250. The number of hydrogen-bond acceptors (Lipinski definition) is 3. The Hall–Kier alpha value is -0.580. The summed E-state index contributed by atoms with van der Waals surface area (Å²) in [6, 6.07) is 3.46. The molecular weight excluding hydrogens is 252 g/mol. The van der Waals surface area contributed by atoms with Crippen LogP contribution in [0.25, 0.3) is 10.1 Å². The van der Waals surface area contributed by atoms with E-state index in [9.17, 15) is 5.11 Å². The molecule has 2 aromatic rings. The Kier molecular flexibility index (Phi) is 2.27. The van der Waals surface area contributed by atoms with Crippen LogP contribution in [0.2, 0.25) is 0 Å². The van der Waals surface area contributed by atoms with Crippen molar-refractivity contribution in [1.82, 2.24) is 0 Å². The molecule has 2 nitrogen and oxygen atoms in total. The average Bonchev–Trinajstić information content (AvgIpc) is 2.53. The van der Waals surface area contributed by atoms with Crippen LogP contribution in [0.5, 0.6) is 5.75 Å². The van der Waals surface area contributed by atoms with Gasteiger partial charge in [0.2, 0.25) is 0 Å². The number of phenolic OH excluding ortho intramolecular Hbond substituents is 1. The molecule has 0 spiro atoms. The molecule has 1 heterocycles. The second-order valence-electron chi connectivity index (χ2n) is 2.68. The van der Waals surface area contributed by atoms with Gasteiger partial charge >= 0.3 is 0 Å². The van der Waals surface area contributed by atoms with Crippen LogP contribution in [0.1, 0.15) is 5.56 Å². The lowest BCUT2D eigenvalue weighted by molar-refractivity contribution is 0.282. The third-order valence-electron chi connectivity index (χ3n) is 1.93. The fourth-order valence-electron chi connectivity index (χ4n) is 1.29. The fraction of sp³-hybridized carbons (Fsp3) is 0.111. The molecule has 2 N–H and O–H groups in total. The number of rotatable bonds is 1. The monoisotopic (exact) mass is 258 g/mol. The molecule has 0 saturated heterocycles. The van der Waals surface area contributed by atoms with Crippen LogP contribution in [-0.4, -0.2) is 10.2 Å². The van der Waals surface area contributed by atoms with E-state index in [0.29, 0.717) is 0 Å². The van der Waals surface area contributed by atoms with Crippen molar-refractivity contribution in [3.8, 4) is 5.75 Å². The van der Waals surface area contributed by atoms with Crippen molar-refractivity contribution < 1.29 is 10.2 Å². The lowest BCUT2D eigenvalue weighted by atomic mass is 10.1. The van der Waals surface area contributed by atoms with E-state index in [1.807, 2.05) is 11.4 Å². The largest absolute Gasteiger partial charge is 0.507 e. The third-order valence-corrected chi connectivity index (χ3v) is 3.61. The molecule has 1 aromatic carbocycles. The molecule has 0 amide bonds. The Balaban J connectivity index is 2.88. The first kappa shape index (κ1) is 8.99. The van der Waals surface area contributed by atoms with Crippen molar-refractivity contribution in [2.45, 2.75) is 6.61 Å². The highest BCUT2D eigenvalue weighted by molar-refractivity contribution is 9.10. The van der Waals surface area contributed by atoms with Gasteiger partial charge in [-0.05, 0) is 17.5 Å². The fourth-order valence-corrected chi connectivity index (χ4v) is 2.91. The standard InChI is InChI=1S/C9H7BrO2S/c10-7-3-8(12)5-1-2-13-9(5)6(7)4-11/h1-3,11-12H,4H2. The number of aliphatic hydroxyl groups is 1. The Bertz CT molecular complexity index is 450. The smallest absolute Gasteiger partial charge is 0.125 e. The number of thiophene rings is 1. The van der Waals surface area contributed by atoms with E-state index in [1.54, 1.807) is 6.07 Å². The number of fused-ring (bicyclic) bond motifs is 1. The molecule has 0 aliphatic carbocycles. The predicted molar refractivity (Wildman–Crippen MR) is 57.1 cm³/mol. The lowest BCUT2D eigenvalue weighted by Gasteiger charge is -2.03. The summed E-state index contributed by atoms with van der Waals surface area (Å²) in [6.07, 6.45) is 0. The van der Waals surface area contributed by atoms with Gasteiger partial charge in [0, 0.05) is 20.1 Å². The van der Waals surface area contributed by atoms with Gasteiger partial charge in [-0.1, -0.05) is 15.9 Å². The highest BCUT2D eigenvalue weighted by Crippen LogP contribution is 2.36. The summed E-state index contributed by atoms with van der Waals surface area (Å²) in [6.45, 7) is -0.0160. The van der Waals surface area contributed by atoms with Crippen molar-refractivity contribution in [3.05, 3.63) is 27.5 Å². The van der Waals surface area contributed by atoms with E-state index >= 15 is 0 Å². The molecule has 0 aliphatic rings. The van der Waals surface area contributed by atoms with E-state index < -0.39 is 0 Å². The summed E-state index contributed by atoms with van der Waals surface area (Å²) < 4.78 is 1.69. The molecule has 0 bridgehead atoms. The predicted octanol–water partition coefficient (Wildman–Crippen LogP) is 2.86. The topological polar surface area (TPSA) is 40.5 Å². The maximum absolute atomic E-state index is 9.56. The van der Waals surface area contributed by atoms with Gasteiger partial charge in [-0.25, -0.2) is 0 Å². The van der Waals surface area contributed by atoms with E-state index in [0.717, 1.165) is 20.1 Å². The van der Waals surface area contributed by atoms with Gasteiger partial charge < -0.3 is 10.2 Å². The van der Waals surface area contributed by atoms with Crippen LogP contribution in [-0.2, 0) is 6.61 Å². The molecule has 68 valence electrons. The SMILES string of the molecule is OCc1c(Br)cc(O)c2ccsc12. The molecule has 0 aliphatic heterocycles. The normalized spacial score (nSPS) is 10.9. The maximum atomic E-state index is 9.56. The minimum absolute atomic E-state index is 0.0160. The van der Waals surface area contributed by atoms with Gasteiger partial charge in [0.15, 0.2) is 0 Å². The van der Waals surface area contributed by atoms with Crippen molar-refractivity contribution >= 4 is 37.4 Å². The third kappa shape index (κ3) is 1.35. The van der Waals surface area contributed by atoms with Crippen molar-refractivity contribution in [1.29, 1.82) is 0 Å². The Morgan fingerprint density at radius 3 is 2.92 bits per heavy atom. The van der Waals surface area contributed by atoms with E-state index in [4.69, 9.17) is 5.11 Å². The van der Waals surface area contributed by atoms with Crippen LogP contribution < -0.4 is 0 Å². The summed E-state index contributed by atoms with van der Waals surface area (Å²) >= 11 is 4.82. The molecule has 0 unspecified atom stereocenters. The Morgan fingerprint density at radius 2 is 2.23 bits per heavy atom. The highest BCUT2D eigenvalue weighted by atomic mass is 79.9. The van der Waals surface area contributed by atoms with E-state index in [1.165, 1.54) is 11.3 Å². The summed E-state index contributed by atoms with van der Waals surface area (Å²) in [7, 11) is 0. The van der Waals surface area contributed by atoms with Gasteiger partial charge in [-0.2, -0.15) is 0 Å². The van der Waals surface area contributed by atoms with Crippen molar-refractivity contribution in [2.24, 2.45) is 0 Å². The molecule has 0 radical (unpaired) electrons. The van der Waals surface area contributed by atoms with E-state index in [-0.39, 0.29) is 12.4 Å². The number of hydrogen-bond donors (Lipinski definition) is 2. The molecular formula is C9H7BrO2S. The second kappa shape index (κ2) is 3.29. The zero-order valence-corrected chi connectivity index (χ0v) is 9.02. The van der Waals surface area contributed by atoms with Gasteiger partial charge in [-0.3, -0.25) is 0 Å². The second-order valence-corrected chi connectivity index (χ2v) is 4.45. The minimum atomic E-state index is -0.0160. The zero-order chi connectivity index (χ0) is 9.42. The summed E-state index contributed by atoms with van der Waals surface area (Å²) in [5.41, 5.74) is 0.836. The number of phenols is 1. The molecule has 0 fully saturated rings. The Morgan fingerprint density at radius 1 is 1.46 bits per heavy atom. The quantitative estimate of drug-likeness (QED) is 0.826. The molecule has 13 heavy (non-hydrogen) atoms. The first-order valence-electron chi connectivity index (χ1n) is 3.72. The van der Waals surface area contributed by atoms with Crippen LogP contribution in [0, 0.1) is 0 Å². The zero-order valence-electron chi connectivity index (χ0n) is 6.62. The lowest BCUT2D eigenvalue weighted by Crippen LogP contribution is -1.85. The van der Waals surface area contributed by atoms with Crippen LogP contribution >= 0.6 is 27.3 Å². The average molecular weight is 259 g/mol. The van der Waals surface area contributed by atoms with Crippen molar-refractivity contribution in [3.63, 3.8) is 0 Å². The molecule has 0 saturated carbocycles. The summed E-state index contributed by atoms with van der Waals surface area (Å²) in [5, 5.41) is 21.4. The Labute approximate surface area is 87.6 Å². The number of aromatic hydroxyl groups is 1. The molecule has 0 atom stereocenters. The molecule has 1 aromatic heterocycles. The molecule has 4 heteroatoms. The van der Waals surface area contributed by atoms with Gasteiger partial charge in [-0.15, -0.1) is 11.3 Å². The minimum Gasteiger partial charge on any atom is -0.507 e. The van der Waals surface area contributed by atoms with Crippen LogP contribution in [0.15, 0.2) is 22.0 Å². The first-order chi connectivity index (χ1) is 6.24. The van der Waals surface area contributed by atoms with Crippen LogP contribution in [0.3, 0.4) is 0 Å². The number of halogens is 1. The van der Waals surface area contributed by atoms with Crippen molar-refractivity contribution in [2.75, 3.05) is 0 Å². The number of aliphatic hydroxyl groups excluding tert-OH is 1. The number of benzene rings is 1. The van der Waals surface area contributed by atoms with E-state index in [2.05, 4.69) is 15.9 Å². The van der Waals surface area contributed by atoms with Gasteiger partial charge in [0.05, 0.1) is 6.61 Å². The first-order valence-corrected chi connectivity index (χ1v) is 5.39. The summed E-state index contributed by atoms with van der Waals surface area (Å²) in [4.78, 5) is 0. The molecule has 2 rings (SSSR count). The van der Waals surface area contributed by atoms with Gasteiger partial charge in [0.1, 0.15) is 5.75 Å². The van der Waals surface area contributed by atoms with Gasteiger partial charge in [0.25, 0.3) is 0 Å². The highest BCUT2D eigenvalue weighted by Gasteiger charge is 2.09. The van der Waals surface area contributed by atoms with Crippen LogP contribution in [0.4, 0.5) is 0 Å². The maximum Gasteiger partial charge on any atom is 0.125 e.